The highest BCUT2D eigenvalue weighted by molar-refractivity contribution is 5.71. The Labute approximate surface area is 113 Å². The average molecular weight is 268 g/mol. The molecule has 1 aromatic rings. The molecule has 0 saturated heterocycles. The van der Waals surface area contributed by atoms with Crippen molar-refractivity contribution < 1.29 is 13.9 Å². The molecule has 19 heavy (non-hydrogen) atoms. The monoisotopic (exact) mass is 268 g/mol. The van der Waals surface area contributed by atoms with Gasteiger partial charge < -0.3 is 10.5 Å². The topological polar surface area (TPSA) is 55.6 Å². The molecule has 1 aromatic carbocycles. The molecule has 0 amide bonds. The van der Waals surface area contributed by atoms with Crippen LogP contribution in [-0.4, -0.2) is 30.6 Å². The van der Waals surface area contributed by atoms with Gasteiger partial charge >= 0.3 is 5.97 Å². The van der Waals surface area contributed by atoms with Crippen LogP contribution in [0.1, 0.15) is 25.0 Å². The van der Waals surface area contributed by atoms with Gasteiger partial charge in [-0.15, -0.1) is 0 Å². The summed E-state index contributed by atoms with van der Waals surface area (Å²) in [4.78, 5) is 13.2. The minimum atomic E-state index is -0.330. The van der Waals surface area contributed by atoms with Crippen molar-refractivity contribution in [3.8, 4) is 0 Å². The van der Waals surface area contributed by atoms with Gasteiger partial charge in [0.15, 0.2) is 0 Å². The molecule has 0 spiro atoms. The van der Waals surface area contributed by atoms with E-state index >= 15 is 0 Å². The lowest BCUT2D eigenvalue weighted by atomic mass is 10.1. The van der Waals surface area contributed by atoms with Crippen molar-refractivity contribution in [3.05, 3.63) is 35.1 Å². The number of methoxy groups -OCH3 is 1. The van der Waals surface area contributed by atoms with Crippen molar-refractivity contribution in [2.24, 2.45) is 5.73 Å². The molecule has 0 radical (unpaired) electrons. The third-order valence-corrected chi connectivity index (χ3v) is 3.01. The molecule has 0 fully saturated rings. The van der Waals surface area contributed by atoms with E-state index in [2.05, 4.69) is 4.74 Å². The van der Waals surface area contributed by atoms with Gasteiger partial charge in [-0.25, -0.2) is 4.39 Å². The van der Waals surface area contributed by atoms with E-state index in [1.54, 1.807) is 12.1 Å². The van der Waals surface area contributed by atoms with Crippen molar-refractivity contribution in [3.63, 3.8) is 0 Å². The SMILES string of the molecule is COC(=O)CN(Cc1cc(CN)ccc1F)C(C)C. The summed E-state index contributed by atoms with van der Waals surface area (Å²) in [7, 11) is 1.34. The second-order valence-corrected chi connectivity index (χ2v) is 4.70. The van der Waals surface area contributed by atoms with Crippen molar-refractivity contribution in [1.82, 2.24) is 4.90 Å². The predicted molar refractivity (Wildman–Crippen MR) is 71.9 cm³/mol. The van der Waals surface area contributed by atoms with Gasteiger partial charge in [-0.05, 0) is 25.5 Å². The van der Waals surface area contributed by atoms with Crippen LogP contribution in [0.3, 0.4) is 0 Å². The first-order valence-corrected chi connectivity index (χ1v) is 6.26. The summed E-state index contributed by atoms with van der Waals surface area (Å²) in [5.41, 5.74) is 6.97. The van der Waals surface area contributed by atoms with Crippen LogP contribution in [0.2, 0.25) is 0 Å². The van der Waals surface area contributed by atoms with E-state index < -0.39 is 0 Å². The molecular weight excluding hydrogens is 247 g/mol. The summed E-state index contributed by atoms with van der Waals surface area (Å²) in [6.45, 7) is 4.76. The van der Waals surface area contributed by atoms with E-state index in [9.17, 15) is 9.18 Å². The highest BCUT2D eigenvalue weighted by Gasteiger charge is 2.16. The van der Waals surface area contributed by atoms with Gasteiger partial charge in [0.25, 0.3) is 0 Å². The largest absolute Gasteiger partial charge is 0.468 e. The van der Waals surface area contributed by atoms with Crippen molar-refractivity contribution >= 4 is 5.97 Å². The summed E-state index contributed by atoms with van der Waals surface area (Å²) < 4.78 is 18.4. The van der Waals surface area contributed by atoms with E-state index in [1.807, 2.05) is 18.7 Å². The number of halogens is 1. The Morgan fingerprint density at radius 1 is 1.47 bits per heavy atom. The van der Waals surface area contributed by atoms with E-state index in [-0.39, 0.29) is 24.4 Å². The summed E-state index contributed by atoms with van der Waals surface area (Å²) in [6, 6.07) is 4.93. The van der Waals surface area contributed by atoms with Gasteiger partial charge in [-0.1, -0.05) is 12.1 Å². The quantitative estimate of drug-likeness (QED) is 0.797. The highest BCUT2D eigenvalue weighted by atomic mass is 19.1. The average Bonchev–Trinajstić information content (AvgIpc) is 2.39. The fourth-order valence-electron chi connectivity index (χ4n) is 1.75. The number of hydrogen-bond acceptors (Lipinski definition) is 4. The zero-order valence-corrected chi connectivity index (χ0v) is 11.6. The maximum atomic E-state index is 13.8. The number of hydrogen-bond donors (Lipinski definition) is 1. The smallest absolute Gasteiger partial charge is 0.319 e. The Balaban J connectivity index is 2.86. The summed E-state index contributed by atoms with van der Waals surface area (Å²) >= 11 is 0. The first-order chi connectivity index (χ1) is 8.97. The van der Waals surface area contributed by atoms with Gasteiger partial charge in [0.05, 0.1) is 13.7 Å². The molecule has 106 valence electrons. The number of nitrogens with zero attached hydrogens (tertiary/aromatic N) is 1. The second-order valence-electron chi connectivity index (χ2n) is 4.70. The maximum absolute atomic E-state index is 13.8. The van der Waals surface area contributed by atoms with E-state index in [0.29, 0.717) is 18.7 Å². The fourth-order valence-corrected chi connectivity index (χ4v) is 1.75. The van der Waals surface area contributed by atoms with Crippen LogP contribution < -0.4 is 5.73 Å². The van der Waals surface area contributed by atoms with Crippen LogP contribution in [0.25, 0.3) is 0 Å². The standard InChI is InChI=1S/C14H21FN2O2/c1-10(2)17(9-14(18)19-3)8-12-6-11(7-16)4-5-13(12)15/h4-6,10H,7-9,16H2,1-3H3. The van der Waals surface area contributed by atoms with Crippen molar-refractivity contribution in [2.45, 2.75) is 33.0 Å². The van der Waals surface area contributed by atoms with E-state index in [1.165, 1.54) is 13.2 Å². The molecule has 4 nitrogen and oxygen atoms in total. The van der Waals surface area contributed by atoms with Crippen LogP contribution in [-0.2, 0) is 22.6 Å². The Kier molecular flexibility index (Phi) is 5.92. The van der Waals surface area contributed by atoms with Crippen LogP contribution >= 0.6 is 0 Å². The molecule has 0 aromatic heterocycles. The molecule has 0 bridgehead atoms. The number of rotatable bonds is 6. The predicted octanol–water partition coefficient (Wildman–Crippen LogP) is 1.67. The number of ether oxygens (including phenoxy) is 1. The summed E-state index contributed by atoms with van der Waals surface area (Å²) in [6.07, 6.45) is 0. The number of nitrogens with two attached hydrogens (primary N) is 1. The number of esters is 1. The van der Waals surface area contributed by atoms with Gasteiger partial charge in [0, 0.05) is 24.7 Å². The zero-order chi connectivity index (χ0) is 14.4. The molecule has 0 aliphatic heterocycles. The molecular formula is C14H21FN2O2. The molecule has 0 saturated carbocycles. The number of carbonyl (C=O) groups excluding carboxylic acids is 1. The van der Waals surface area contributed by atoms with Gasteiger partial charge in [-0.2, -0.15) is 0 Å². The maximum Gasteiger partial charge on any atom is 0.319 e. The van der Waals surface area contributed by atoms with Crippen molar-refractivity contribution in [1.29, 1.82) is 0 Å². The first kappa shape index (κ1) is 15.6. The first-order valence-electron chi connectivity index (χ1n) is 6.26. The summed E-state index contributed by atoms with van der Waals surface area (Å²) in [5, 5.41) is 0. The normalized spacial score (nSPS) is 11.1. The third kappa shape index (κ3) is 4.61. The van der Waals surface area contributed by atoms with Crippen LogP contribution in [0.5, 0.6) is 0 Å². The minimum Gasteiger partial charge on any atom is -0.468 e. The second kappa shape index (κ2) is 7.21. The Bertz CT molecular complexity index is 435. The fraction of sp³-hybridized carbons (Fsp3) is 0.500. The molecule has 0 unspecified atom stereocenters. The minimum absolute atomic E-state index is 0.111. The summed E-state index contributed by atoms with van der Waals surface area (Å²) in [5.74, 6) is -0.614. The van der Waals surface area contributed by atoms with E-state index in [4.69, 9.17) is 5.73 Å². The Hall–Kier alpha value is -1.46. The number of benzene rings is 1. The van der Waals surface area contributed by atoms with Crippen molar-refractivity contribution in [2.75, 3.05) is 13.7 Å². The lowest BCUT2D eigenvalue weighted by Gasteiger charge is -2.25. The molecule has 0 atom stereocenters. The molecule has 5 heteroatoms. The highest BCUT2D eigenvalue weighted by Crippen LogP contribution is 2.14. The molecule has 2 N–H and O–H groups in total. The van der Waals surface area contributed by atoms with Crippen LogP contribution in [0.4, 0.5) is 4.39 Å². The molecule has 0 aliphatic carbocycles. The van der Waals surface area contributed by atoms with Gasteiger partial charge in [-0.3, -0.25) is 9.69 Å². The number of carbonyl (C=O) groups is 1. The Morgan fingerprint density at radius 2 is 2.16 bits per heavy atom. The molecule has 0 aliphatic rings. The molecule has 0 heterocycles. The van der Waals surface area contributed by atoms with Gasteiger partial charge in [0.1, 0.15) is 5.82 Å². The third-order valence-electron chi connectivity index (χ3n) is 3.01. The lowest BCUT2D eigenvalue weighted by Crippen LogP contribution is -2.36. The van der Waals surface area contributed by atoms with E-state index in [0.717, 1.165) is 5.56 Å². The van der Waals surface area contributed by atoms with Gasteiger partial charge in [0.2, 0.25) is 0 Å². The Morgan fingerprint density at radius 3 is 2.68 bits per heavy atom. The van der Waals surface area contributed by atoms with Crippen LogP contribution in [0.15, 0.2) is 18.2 Å². The lowest BCUT2D eigenvalue weighted by molar-refractivity contribution is -0.142. The zero-order valence-electron chi connectivity index (χ0n) is 11.6. The van der Waals surface area contributed by atoms with Crippen LogP contribution in [0, 0.1) is 5.82 Å². The molecule has 1 rings (SSSR count).